The van der Waals surface area contributed by atoms with Crippen LogP contribution in [0.2, 0.25) is 0 Å². The van der Waals surface area contributed by atoms with Crippen molar-refractivity contribution in [3.63, 3.8) is 0 Å². The smallest absolute Gasteiger partial charge is 0.295 e. The molecule has 0 aliphatic carbocycles. The van der Waals surface area contributed by atoms with E-state index in [9.17, 15) is 14.7 Å². The van der Waals surface area contributed by atoms with Crippen LogP contribution in [-0.2, 0) is 14.3 Å². The molecular weight excluding hydrogens is 420 g/mol. The predicted octanol–water partition coefficient (Wildman–Crippen LogP) is 3.23. The van der Waals surface area contributed by atoms with Gasteiger partial charge in [0, 0.05) is 31.7 Å². The zero-order valence-corrected chi connectivity index (χ0v) is 18.9. The Morgan fingerprint density at radius 2 is 1.82 bits per heavy atom. The van der Waals surface area contributed by atoms with Crippen LogP contribution in [0.15, 0.2) is 60.2 Å². The van der Waals surface area contributed by atoms with Gasteiger partial charge >= 0.3 is 0 Å². The monoisotopic (exact) mass is 450 g/mol. The topological polar surface area (TPSA) is 79.3 Å². The molecule has 0 radical (unpaired) electrons. The highest BCUT2D eigenvalue weighted by molar-refractivity contribution is 6.46. The lowest BCUT2D eigenvalue weighted by molar-refractivity contribution is -0.140. The van der Waals surface area contributed by atoms with Crippen molar-refractivity contribution in [1.82, 2.24) is 9.80 Å². The second-order valence-electron chi connectivity index (χ2n) is 8.17. The van der Waals surface area contributed by atoms with Crippen molar-refractivity contribution in [3.8, 4) is 5.75 Å². The Morgan fingerprint density at radius 1 is 1.06 bits per heavy atom. The summed E-state index contributed by atoms with van der Waals surface area (Å²) < 4.78 is 11.1. The second-order valence-corrected chi connectivity index (χ2v) is 8.17. The lowest BCUT2D eigenvalue weighted by Crippen LogP contribution is -2.38. The van der Waals surface area contributed by atoms with E-state index in [2.05, 4.69) is 4.90 Å². The molecule has 4 rings (SSSR count). The molecule has 2 heterocycles. The molecule has 7 heteroatoms. The number of carbonyl (C=O) groups excluding carboxylic acids is 2. The molecule has 0 bridgehead atoms. The van der Waals surface area contributed by atoms with Crippen LogP contribution in [0.3, 0.4) is 0 Å². The lowest BCUT2D eigenvalue weighted by Gasteiger charge is -2.29. The Bertz CT molecular complexity index is 1010. The molecule has 174 valence electrons. The molecule has 0 aromatic heterocycles. The Labute approximate surface area is 194 Å². The van der Waals surface area contributed by atoms with Gasteiger partial charge < -0.3 is 19.5 Å². The first-order valence-electron chi connectivity index (χ1n) is 11.5. The Hall–Kier alpha value is -3.16. The van der Waals surface area contributed by atoms with Gasteiger partial charge in [-0.25, -0.2) is 0 Å². The highest BCUT2D eigenvalue weighted by Gasteiger charge is 2.45. The number of hydrogen-bond acceptors (Lipinski definition) is 6. The molecule has 1 unspecified atom stereocenters. The molecule has 2 fully saturated rings. The predicted molar refractivity (Wildman–Crippen MR) is 125 cm³/mol. The fraction of sp³-hybridized carbons (Fsp3) is 0.385. The highest BCUT2D eigenvalue weighted by Crippen LogP contribution is 2.40. The zero-order valence-electron chi connectivity index (χ0n) is 18.9. The minimum atomic E-state index is -0.671. The first kappa shape index (κ1) is 23.0. The van der Waals surface area contributed by atoms with Crippen molar-refractivity contribution in [1.29, 1.82) is 0 Å². The van der Waals surface area contributed by atoms with Crippen LogP contribution in [0, 0.1) is 0 Å². The highest BCUT2D eigenvalue weighted by atomic mass is 16.5. The summed E-state index contributed by atoms with van der Waals surface area (Å²) in [5.41, 5.74) is 1.37. The fourth-order valence-electron chi connectivity index (χ4n) is 4.44. The normalized spacial score (nSPS) is 20.9. The van der Waals surface area contributed by atoms with E-state index in [-0.39, 0.29) is 11.3 Å². The van der Waals surface area contributed by atoms with Gasteiger partial charge in [-0.1, -0.05) is 42.5 Å². The van der Waals surface area contributed by atoms with Crippen LogP contribution < -0.4 is 4.74 Å². The number of ether oxygens (including phenoxy) is 2. The molecule has 2 aromatic carbocycles. The van der Waals surface area contributed by atoms with Crippen LogP contribution in [-0.4, -0.2) is 72.6 Å². The van der Waals surface area contributed by atoms with Gasteiger partial charge in [-0.05, 0) is 31.0 Å². The van der Waals surface area contributed by atoms with E-state index in [0.717, 1.165) is 31.6 Å². The van der Waals surface area contributed by atoms with Gasteiger partial charge in [-0.15, -0.1) is 0 Å². The number of amides is 1. The number of morpholine rings is 1. The van der Waals surface area contributed by atoms with E-state index in [1.54, 1.807) is 29.2 Å². The molecular formula is C26H30N2O5. The van der Waals surface area contributed by atoms with Crippen LogP contribution in [0.4, 0.5) is 0 Å². The molecule has 0 spiro atoms. The van der Waals surface area contributed by atoms with Crippen molar-refractivity contribution in [2.75, 3.05) is 46.0 Å². The van der Waals surface area contributed by atoms with Gasteiger partial charge in [-0.3, -0.25) is 14.5 Å². The van der Waals surface area contributed by atoms with Gasteiger partial charge in [0.25, 0.3) is 11.7 Å². The number of rotatable bonds is 8. The van der Waals surface area contributed by atoms with Gasteiger partial charge in [-0.2, -0.15) is 0 Å². The van der Waals surface area contributed by atoms with E-state index in [4.69, 9.17) is 9.47 Å². The molecule has 2 aromatic rings. The molecule has 1 amide bonds. The number of hydrogen-bond donors (Lipinski definition) is 1. The average molecular weight is 451 g/mol. The van der Waals surface area contributed by atoms with Crippen LogP contribution in [0.25, 0.3) is 5.76 Å². The third-order valence-corrected chi connectivity index (χ3v) is 6.05. The number of aliphatic hydroxyl groups excluding tert-OH is 1. The zero-order chi connectivity index (χ0) is 23.2. The molecule has 2 aliphatic rings. The standard InChI is InChI=1S/C26H30N2O5/c1-2-33-21-11-6-10-20(18-21)23-22(24(29)19-8-4-3-5-9-19)25(30)26(31)28(23)13-7-12-27-14-16-32-17-15-27/h3-6,8-11,18,23,29H,2,7,12-17H2,1H3/b24-22+. The summed E-state index contributed by atoms with van der Waals surface area (Å²) in [4.78, 5) is 30.1. The average Bonchev–Trinajstić information content (AvgIpc) is 3.10. The summed E-state index contributed by atoms with van der Waals surface area (Å²) in [5.74, 6) is -0.735. The van der Waals surface area contributed by atoms with E-state index >= 15 is 0 Å². The number of Topliss-reactive ketones (excluding diaryl/α,β-unsaturated/α-hetero) is 1. The maximum atomic E-state index is 13.1. The summed E-state index contributed by atoms with van der Waals surface area (Å²) in [6, 6.07) is 15.6. The molecule has 7 nitrogen and oxygen atoms in total. The Balaban J connectivity index is 1.67. The minimum Gasteiger partial charge on any atom is -0.507 e. The number of carbonyl (C=O) groups is 2. The molecule has 33 heavy (non-hydrogen) atoms. The van der Waals surface area contributed by atoms with Gasteiger partial charge in [0.05, 0.1) is 31.4 Å². The molecule has 2 saturated heterocycles. The molecule has 2 aliphatic heterocycles. The van der Waals surface area contributed by atoms with E-state index < -0.39 is 17.7 Å². The van der Waals surface area contributed by atoms with Gasteiger partial charge in [0.2, 0.25) is 0 Å². The number of nitrogens with zero attached hydrogens (tertiary/aromatic N) is 2. The van der Waals surface area contributed by atoms with Crippen molar-refractivity contribution in [2.45, 2.75) is 19.4 Å². The largest absolute Gasteiger partial charge is 0.507 e. The van der Waals surface area contributed by atoms with E-state index in [1.807, 2.05) is 37.3 Å². The number of likely N-dealkylation sites (tertiary alicyclic amines) is 1. The van der Waals surface area contributed by atoms with Crippen molar-refractivity contribution in [2.24, 2.45) is 0 Å². The lowest BCUT2D eigenvalue weighted by atomic mass is 9.95. The summed E-state index contributed by atoms with van der Waals surface area (Å²) in [7, 11) is 0. The molecule has 1 atom stereocenters. The summed E-state index contributed by atoms with van der Waals surface area (Å²) in [6.07, 6.45) is 0.722. The maximum Gasteiger partial charge on any atom is 0.295 e. The summed E-state index contributed by atoms with van der Waals surface area (Å²) in [5, 5.41) is 11.1. The van der Waals surface area contributed by atoms with Crippen LogP contribution >= 0.6 is 0 Å². The van der Waals surface area contributed by atoms with Crippen molar-refractivity contribution in [3.05, 3.63) is 71.3 Å². The third-order valence-electron chi connectivity index (χ3n) is 6.05. The number of ketones is 1. The SMILES string of the molecule is CCOc1cccc(C2/C(=C(\O)c3ccccc3)C(=O)C(=O)N2CCCN2CCOCC2)c1. The third kappa shape index (κ3) is 5.10. The summed E-state index contributed by atoms with van der Waals surface area (Å²) >= 11 is 0. The van der Waals surface area contributed by atoms with E-state index in [0.29, 0.717) is 37.7 Å². The number of aliphatic hydroxyl groups is 1. The Morgan fingerprint density at radius 3 is 2.55 bits per heavy atom. The van der Waals surface area contributed by atoms with Crippen molar-refractivity contribution < 1.29 is 24.2 Å². The van der Waals surface area contributed by atoms with Gasteiger partial charge in [0.15, 0.2) is 0 Å². The Kier molecular flexibility index (Phi) is 7.42. The van der Waals surface area contributed by atoms with Crippen LogP contribution in [0.1, 0.15) is 30.5 Å². The fourth-order valence-corrected chi connectivity index (χ4v) is 4.44. The quantitative estimate of drug-likeness (QED) is 0.378. The maximum absolute atomic E-state index is 13.1. The molecule has 0 saturated carbocycles. The van der Waals surface area contributed by atoms with Gasteiger partial charge in [0.1, 0.15) is 11.5 Å². The van der Waals surface area contributed by atoms with Crippen molar-refractivity contribution >= 4 is 17.4 Å². The second kappa shape index (κ2) is 10.6. The first-order valence-corrected chi connectivity index (χ1v) is 11.5. The minimum absolute atomic E-state index is 0.117. The first-order chi connectivity index (χ1) is 16.1. The number of benzene rings is 2. The van der Waals surface area contributed by atoms with Crippen LogP contribution in [0.5, 0.6) is 5.75 Å². The van der Waals surface area contributed by atoms with E-state index in [1.165, 1.54) is 0 Å². The summed E-state index contributed by atoms with van der Waals surface area (Å²) in [6.45, 7) is 6.80. The molecule has 1 N–H and O–H groups in total.